The molecule has 0 unspecified atom stereocenters. The number of hydrogen-bond donors (Lipinski definition) is 2. The molecule has 4 rings (SSSR count). The summed E-state index contributed by atoms with van der Waals surface area (Å²) in [6.07, 6.45) is 0. The molecule has 0 bridgehead atoms. The number of fused-ring (bicyclic) bond motifs is 3. The molecule has 5 nitrogen and oxygen atoms in total. The topological polar surface area (TPSA) is 81.3 Å². The van der Waals surface area contributed by atoms with Crippen LogP contribution in [-0.2, 0) is 6.54 Å². The molecule has 4 aromatic rings. The molecule has 26 heavy (non-hydrogen) atoms. The monoisotopic (exact) mass is 454 g/mol. The maximum Gasteiger partial charge on any atom is 0.350 e. The van der Waals surface area contributed by atoms with E-state index in [0.717, 1.165) is 23.0 Å². The predicted octanol–water partition coefficient (Wildman–Crippen LogP) is 3.28. The zero-order valence-electron chi connectivity index (χ0n) is 13.9. The third kappa shape index (κ3) is 2.86. The van der Waals surface area contributed by atoms with Crippen LogP contribution in [0.2, 0.25) is 0 Å². The molecular weight excluding hydrogens is 437 g/mol. The second-order valence-electron chi connectivity index (χ2n) is 6.03. The van der Waals surface area contributed by atoms with E-state index < -0.39 is 0 Å². The summed E-state index contributed by atoms with van der Waals surface area (Å²) >= 11 is 2.39. The molecule has 128 valence electrons. The van der Waals surface area contributed by atoms with E-state index in [1.807, 2.05) is 12.1 Å². The van der Waals surface area contributed by atoms with E-state index in [4.69, 9.17) is 11.3 Å². The molecule has 0 amide bonds. The molecular formula is C20H17IN5+. The molecule has 1 aromatic heterocycles. The van der Waals surface area contributed by atoms with E-state index in [0.29, 0.717) is 5.84 Å². The number of rotatable bonds is 3. The van der Waals surface area contributed by atoms with E-state index >= 15 is 0 Å². The second kappa shape index (κ2) is 6.87. The Morgan fingerprint density at radius 3 is 2.50 bits per heavy atom. The van der Waals surface area contributed by atoms with Crippen molar-refractivity contribution in [1.82, 2.24) is 4.57 Å². The summed E-state index contributed by atoms with van der Waals surface area (Å²) in [5.41, 5.74) is 4.46. The first-order valence-electron chi connectivity index (χ1n) is 8.17. The van der Waals surface area contributed by atoms with Crippen LogP contribution >= 0.6 is 22.6 Å². The maximum atomic E-state index is 5.96. The number of benzene rings is 3. The fourth-order valence-electron chi connectivity index (χ4n) is 3.30. The Balaban J connectivity index is 1.94. The van der Waals surface area contributed by atoms with Crippen LogP contribution in [0.4, 0.5) is 0 Å². The van der Waals surface area contributed by atoms with Crippen molar-refractivity contribution in [3.05, 3.63) is 81.4 Å². The summed E-state index contributed by atoms with van der Waals surface area (Å²) in [7, 11) is 0. The van der Waals surface area contributed by atoms with Crippen molar-refractivity contribution in [2.75, 3.05) is 0 Å². The van der Waals surface area contributed by atoms with Crippen LogP contribution in [0.5, 0.6) is 0 Å². The molecule has 0 aliphatic heterocycles. The van der Waals surface area contributed by atoms with Crippen molar-refractivity contribution < 1.29 is 5.41 Å². The van der Waals surface area contributed by atoms with Crippen molar-refractivity contribution in [3.8, 4) is 0 Å². The molecule has 1 heterocycles. The summed E-state index contributed by atoms with van der Waals surface area (Å²) in [4.78, 5) is 0. The first kappa shape index (κ1) is 16.7. The lowest BCUT2D eigenvalue weighted by Gasteiger charge is -2.09. The highest BCUT2D eigenvalue weighted by molar-refractivity contribution is 14.1. The molecule has 0 aliphatic rings. The fourth-order valence-corrected chi connectivity index (χ4v) is 3.86. The van der Waals surface area contributed by atoms with E-state index in [1.54, 1.807) is 0 Å². The zero-order chi connectivity index (χ0) is 18.1. The fraction of sp³-hybridized carbons (Fsp3) is 0.0500. The molecule has 0 fully saturated rings. The predicted molar refractivity (Wildman–Crippen MR) is 113 cm³/mol. The van der Waals surface area contributed by atoms with E-state index in [2.05, 4.69) is 92.1 Å². The average molecular weight is 454 g/mol. The minimum Gasteiger partial charge on any atom is -0.336 e. The number of hydrogen-bond acceptors (Lipinski definition) is 1. The maximum absolute atomic E-state index is 5.96. The van der Waals surface area contributed by atoms with Crippen molar-refractivity contribution in [2.45, 2.75) is 6.54 Å². The zero-order valence-corrected chi connectivity index (χ0v) is 16.1. The quantitative estimate of drug-likeness (QED) is 0.122. The third-order valence-electron chi connectivity index (χ3n) is 4.52. The molecule has 4 N–H and O–H groups in total. The standard InChI is InChI=1S/C20H16IN5/c21-17-7-3-1-5-14(17)12-26-18-8-4-2-6-15(18)16-11-13(9-10-19(16)26)20(22)24-25-23/h1-11H,12H2,(H3,22,23,24)/p+1. The van der Waals surface area contributed by atoms with Crippen molar-refractivity contribution in [1.29, 1.82) is 0 Å². The lowest BCUT2D eigenvalue weighted by Crippen LogP contribution is -2.38. The van der Waals surface area contributed by atoms with Gasteiger partial charge in [-0.15, -0.1) is 0 Å². The van der Waals surface area contributed by atoms with Gasteiger partial charge in [0.2, 0.25) is 0 Å². The highest BCUT2D eigenvalue weighted by Crippen LogP contribution is 2.31. The van der Waals surface area contributed by atoms with Crippen molar-refractivity contribution in [3.63, 3.8) is 0 Å². The molecule has 0 aliphatic carbocycles. The van der Waals surface area contributed by atoms with Gasteiger partial charge in [0, 0.05) is 37.1 Å². The highest BCUT2D eigenvalue weighted by Gasteiger charge is 2.15. The van der Waals surface area contributed by atoms with Crippen LogP contribution in [0.25, 0.3) is 21.8 Å². The van der Waals surface area contributed by atoms with Crippen LogP contribution in [0, 0.1) is 3.57 Å². The highest BCUT2D eigenvalue weighted by atomic mass is 127. The Morgan fingerprint density at radius 1 is 0.962 bits per heavy atom. The van der Waals surface area contributed by atoms with Gasteiger partial charge in [0.25, 0.3) is 0 Å². The number of para-hydroxylation sites is 1. The van der Waals surface area contributed by atoms with Crippen molar-refractivity contribution in [2.24, 2.45) is 16.2 Å². The van der Waals surface area contributed by atoms with Gasteiger partial charge in [0.15, 0.2) is 0 Å². The molecule has 0 saturated heterocycles. The Kier molecular flexibility index (Phi) is 4.42. The summed E-state index contributed by atoms with van der Waals surface area (Å²) < 4.78 is 3.60. The Bertz CT molecular complexity index is 1160. The van der Waals surface area contributed by atoms with Gasteiger partial charge in [-0.2, -0.15) is 0 Å². The second-order valence-corrected chi connectivity index (χ2v) is 7.19. The summed E-state index contributed by atoms with van der Waals surface area (Å²) in [6, 6.07) is 22.9. The van der Waals surface area contributed by atoms with Crippen LogP contribution < -0.4 is 11.3 Å². The molecule has 0 saturated carbocycles. The Labute approximate surface area is 164 Å². The number of nitrogens with two attached hydrogens (primary N) is 2. The van der Waals surface area contributed by atoms with Crippen LogP contribution in [0.1, 0.15) is 11.1 Å². The minimum absolute atomic E-state index is 0.309. The van der Waals surface area contributed by atoms with Crippen LogP contribution in [0.15, 0.2) is 77.1 Å². The van der Waals surface area contributed by atoms with Gasteiger partial charge in [0.05, 0.1) is 10.7 Å². The molecule has 0 atom stereocenters. The summed E-state index contributed by atoms with van der Waals surface area (Å²) in [6.45, 7) is 0.810. The smallest absolute Gasteiger partial charge is 0.336 e. The Hall–Kier alpha value is -2.74. The molecule has 0 spiro atoms. The van der Waals surface area contributed by atoms with Gasteiger partial charge in [-0.3, -0.25) is 11.3 Å². The number of halogens is 1. The van der Waals surface area contributed by atoms with Crippen LogP contribution in [0.3, 0.4) is 0 Å². The van der Waals surface area contributed by atoms with Gasteiger partial charge in [-0.1, -0.05) is 36.4 Å². The third-order valence-corrected chi connectivity index (χ3v) is 5.57. The van der Waals surface area contributed by atoms with E-state index in [-0.39, 0.29) is 0 Å². The molecule has 0 radical (unpaired) electrons. The number of aromatic nitrogens is 1. The minimum atomic E-state index is 0.309. The van der Waals surface area contributed by atoms with Gasteiger partial charge in [-0.25, -0.2) is 0 Å². The van der Waals surface area contributed by atoms with Crippen LogP contribution in [-0.4, -0.2) is 10.4 Å². The van der Waals surface area contributed by atoms with Gasteiger partial charge in [0.1, 0.15) is 0 Å². The summed E-state index contributed by atoms with van der Waals surface area (Å²) in [5, 5.41) is 15.3. The van der Waals surface area contributed by atoms with Gasteiger partial charge < -0.3 is 4.57 Å². The SMILES string of the molecule is NN=NC(=[NH2+])c1ccc2c(c1)c1ccccc1n2Cc1ccccc1I. The molecule has 6 heteroatoms. The Morgan fingerprint density at radius 2 is 1.69 bits per heavy atom. The van der Waals surface area contributed by atoms with E-state index in [1.165, 1.54) is 20.0 Å². The number of amidine groups is 1. The molecule has 3 aromatic carbocycles. The van der Waals surface area contributed by atoms with Gasteiger partial charge >= 0.3 is 5.84 Å². The van der Waals surface area contributed by atoms with Crippen molar-refractivity contribution >= 4 is 50.2 Å². The average Bonchev–Trinajstić information content (AvgIpc) is 2.97. The number of nitrogens with zero attached hydrogens (tertiary/aromatic N) is 3. The lowest BCUT2D eigenvalue weighted by atomic mass is 10.1. The largest absolute Gasteiger partial charge is 0.350 e. The lowest BCUT2D eigenvalue weighted by molar-refractivity contribution is -0.114. The first-order valence-corrected chi connectivity index (χ1v) is 9.25. The van der Waals surface area contributed by atoms with E-state index in [9.17, 15) is 0 Å². The van der Waals surface area contributed by atoms with Gasteiger partial charge in [-0.05, 0) is 58.5 Å². The first-order chi connectivity index (χ1) is 12.7. The normalized spacial score (nSPS) is 11.6. The summed E-state index contributed by atoms with van der Waals surface area (Å²) in [5.74, 6) is 5.44.